The molecule has 0 bridgehead atoms. The molecule has 4 rings (SSSR count). The monoisotopic (exact) mass is 428 g/mol. The molecule has 0 unspecified atom stereocenters. The summed E-state index contributed by atoms with van der Waals surface area (Å²) < 4.78 is 6.38. The van der Waals surface area contributed by atoms with E-state index < -0.39 is 10.5 Å². The first-order valence-corrected chi connectivity index (χ1v) is 10.1. The van der Waals surface area contributed by atoms with E-state index in [4.69, 9.17) is 16.3 Å². The molecule has 1 spiro atoms. The van der Waals surface area contributed by atoms with Gasteiger partial charge in [-0.3, -0.25) is 19.7 Å². The molecule has 2 aromatic rings. The van der Waals surface area contributed by atoms with Crippen LogP contribution >= 0.6 is 11.6 Å². The molecule has 0 aliphatic carbocycles. The Morgan fingerprint density at radius 3 is 2.57 bits per heavy atom. The molecule has 8 heteroatoms. The van der Waals surface area contributed by atoms with Crippen LogP contribution in [0.5, 0.6) is 5.75 Å². The van der Waals surface area contributed by atoms with Crippen LogP contribution < -0.4 is 4.74 Å². The molecule has 7 nitrogen and oxygen atoms in total. The highest BCUT2D eigenvalue weighted by atomic mass is 35.5. The average molecular weight is 429 g/mol. The Hall–Kier alpha value is -2.93. The minimum atomic E-state index is -0.620. The molecule has 1 fully saturated rings. The van der Waals surface area contributed by atoms with E-state index in [1.165, 1.54) is 18.2 Å². The molecule has 2 aliphatic heterocycles. The summed E-state index contributed by atoms with van der Waals surface area (Å²) in [5.41, 5.74) is 1.96. The summed E-state index contributed by atoms with van der Waals surface area (Å²) in [6, 6.07) is 7.81. The number of likely N-dealkylation sites (tertiary alicyclic amines) is 1. The standard InChI is InChI=1S/C22H21ClN2O5/c1-13-3-5-16-19(26)12-22(30-20(16)14(13)2)7-9-24(10-8-22)21(27)15-4-6-17(23)18(11-15)25(28)29/h3-6,11H,7-10,12H2,1-2H3. The van der Waals surface area contributed by atoms with Crippen LogP contribution in [0.25, 0.3) is 0 Å². The number of ketones is 1. The van der Waals surface area contributed by atoms with Crippen LogP contribution in [0, 0.1) is 24.0 Å². The fraction of sp³-hybridized carbons (Fsp3) is 0.364. The second-order valence-electron chi connectivity index (χ2n) is 7.98. The topological polar surface area (TPSA) is 89.8 Å². The fourth-order valence-electron chi connectivity index (χ4n) is 4.15. The molecule has 2 aromatic carbocycles. The Bertz CT molecular complexity index is 1070. The summed E-state index contributed by atoms with van der Waals surface area (Å²) in [4.78, 5) is 37.8. The highest BCUT2D eigenvalue weighted by molar-refractivity contribution is 6.32. The molecule has 2 aliphatic rings. The van der Waals surface area contributed by atoms with E-state index in [0.717, 1.165) is 11.1 Å². The SMILES string of the molecule is Cc1ccc2c(c1C)OC1(CCN(C(=O)c3ccc(Cl)c([N+](=O)[O-])c3)CC1)CC2=O. The van der Waals surface area contributed by atoms with Crippen molar-refractivity contribution in [3.8, 4) is 5.75 Å². The van der Waals surface area contributed by atoms with Gasteiger partial charge in [-0.1, -0.05) is 17.7 Å². The van der Waals surface area contributed by atoms with Crippen molar-refractivity contribution in [2.75, 3.05) is 13.1 Å². The molecule has 0 aromatic heterocycles. The average Bonchev–Trinajstić information content (AvgIpc) is 2.71. The lowest BCUT2D eigenvalue weighted by Crippen LogP contribution is -2.52. The van der Waals surface area contributed by atoms with E-state index in [9.17, 15) is 19.7 Å². The van der Waals surface area contributed by atoms with Crippen LogP contribution in [0.15, 0.2) is 30.3 Å². The lowest BCUT2D eigenvalue weighted by atomic mass is 9.81. The molecule has 0 radical (unpaired) electrons. The number of carbonyl (C=O) groups excluding carboxylic acids is 2. The number of amides is 1. The minimum Gasteiger partial charge on any atom is -0.486 e. The molecular formula is C22H21ClN2O5. The number of Topliss-reactive ketones (excluding diaryl/α,β-unsaturated/α-hetero) is 1. The lowest BCUT2D eigenvalue weighted by molar-refractivity contribution is -0.384. The first-order chi connectivity index (χ1) is 14.2. The largest absolute Gasteiger partial charge is 0.486 e. The number of ether oxygens (including phenoxy) is 1. The molecule has 0 atom stereocenters. The molecule has 0 saturated carbocycles. The summed E-state index contributed by atoms with van der Waals surface area (Å²) in [7, 11) is 0. The van der Waals surface area contributed by atoms with Gasteiger partial charge in [0.25, 0.3) is 11.6 Å². The summed E-state index contributed by atoms with van der Waals surface area (Å²) in [6.45, 7) is 4.75. The number of piperidine rings is 1. The number of carbonyl (C=O) groups is 2. The quantitative estimate of drug-likeness (QED) is 0.518. The van der Waals surface area contributed by atoms with E-state index in [1.807, 2.05) is 26.0 Å². The van der Waals surface area contributed by atoms with Gasteiger partial charge in [-0.05, 0) is 43.2 Å². The Balaban J connectivity index is 1.52. The van der Waals surface area contributed by atoms with Crippen LogP contribution in [0.3, 0.4) is 0 Å². The molecule has 1 saturated heterocycles. The molecule has 30 heavy (non-hydrogen) atoms. The fourth-order valence-corrected chi connectivity index (χ4v) is 4.33. The van der Waals surface area contributed by atoms with Crippen molar-refractivity contribution in [3.63, 3.8) is 0 Å². The maximum Gasteiger partial charge on any atom is 0.288 e. The van der Waals surface area contributed by atoms with Crippen LogP contribution in [0.2, 0.25) is 5.02 Å². The number of rotatable bonds is 2. The van der Waals surface area contributed by atoms with Gasteiger partial charge in [0.05, 0.1) is 16.9 Å². The highest BCUT2D eigenvalue weighted by Crippen LogP contribution is 2.42. The van der Waals surface area contributed by atoms with Gasteiger partial charge >= 0.3 is 0 Å². The number of aryl methyl sites for hydroxylation is 1. The Labute approximate surface area is 178 Å². The van der Waals surface area contributed by atoms with Gasteiger partial charge in [-0.15, -0.1) is 0 Å². The van der Waals surface area contributed by atoms with Gasteiger partial charge in [-0.2, -0.15) is 0 Å². The van der Waals surface area contributed by atoms with Gasteiger partial charge in [0.2, 0.25) is 0 Å². The van der Waals surface area contributed by atoms with E-state index >= 15 is 0 Å². The minimum absolute atomic E-state index is 0.00686. The number of hydrogen-bond donors (Lipinski definition) is 0. The summed E-state index contributed by atoms with van der Waals surface area (Å²) in [6.07, 6.45) is 1.33. The molecule has 1 amide bonds. The predicted octanol–water partition coefficient (Wildman–Crippen LogP) is 4.51. The molecule has 0 N–H and O–H groups in total. The highest BCUT2D eigenvalue weighted by Gasteiger charge is 2.44. The van der Waals surface area contributed by atoms with E-state index in [1.54, 1.807) is 4.90 Å². The van der Waals surface area contributed by atoms with Gasteiger partial charge in [0.15, 0.2) is 5.78 Å². The van der Waals surface area contributed by atoms with Crippen LogP contribution in [0.4, 0.5) is 5.69 Å². The Morgan fingerprint density at radius 2 is 1.90 bits per heavy atom. The third kappa shape index (κ3) is 3.43. The molecule has 156 valence electrons. The van der Waals surface area contributed by atoms with Crippen molar-refractivity contribution < 1.29 is 19.2 Å². The van der Waals surface area contributed by atoms with E-state index in [0.29, 0.717) is 37.2 Å². The third-order valence-corrected chi connectivity index (χ3v) is 6.45. The van der Waals surface area contributed by atoms with Crippen LogP contribution in [-0.2, 0) is 0 Å². The lowest BCUT2D eigenvalue weighted by Gasteiger charge is -2.44. The maximum absolute atomic E-state index is 12.9. The number of nitro benzene ring substituents is 1. The van der Waals surface area contributed by atoms with Gasteiger partial charge in [0, 0.05) is 37.6 Å². The zero-order valence-corrected chi connectivity index (χ0v) is 17.5. The van der Waals surface area contributed by atoms with Crippen molar-refractivity contribution in [2.24, 2.45) is 0 Å². The van der Waals surface area contributed by atoms with Crippen molar-refractivity contribution >= 4 is 29.0 Å². The molecular weight excluding hydrogens is 408 g/mol. The smallest absolute Gasteiger partial charge is 0.288 e. The summed E-state index contributed by atoms with van der Waals surface area (Å²) in [5.74, 6) is 0.422. The second kappa shape index (κ2) is 7.40. The van der Waals surface area contributed by atoms with Crippen molar-refractivity contribution in [2.45, 2.75) is 38.7 Å². The van der Waals surface area contributed by atoms with Gasteiger partial charge in [-0.25, -0.2) is 0 Å². The number of hydrogen-bond acceptors (Lipinski definition) is 5. The number of halogens is 1. The number of fused-ring (bicyclic) bond motifs is 1. The van der Waals surface area contributed by atoms with Gasteiger partial charge in [0.1, 0.15) is 16.4 Å². The maximum atomic E-state index is 12.9. The number of benzene rings is 2. The Kier molecular flexibility index (Phi) is 5.02. The summed E-state index contributed by atoms with van der Waals surface area (Å²) >= 11 is 5.84. The first kappa shape index (κ1) is 20.3. The van der Waals surface area contributed by atoms with E-state index in [-0.39, 0.29) is 34.4 Å². The van der Waals surface area contributed by atoms with Crippen LogP contribution in [0.1, 0.15) is 51.1 Å². The number of nitrogens with zero attached hydrogens (tertiary/aromatic N) is 2. The predicted molar refractivity (Wildman–Crippen MR) is 111 cm³/mol. The van der Waals surface area contributed by atoms with E-state index in [2.05, 4.69) is 0 Å². The second-order valence-corrected chi connectivity index (χ2v) is 8.39. The zero-order chi connectivity index (χ0) is 21.6. The normalized spacial score (nSPS) is 17.4. The van der Waals surface area contributed by atoms with Crippen LogP contribution in [-0.4, -0.2) is 40.2 Å². The zero-order valence-electron chi connectivity index (χ0n) is 16.7. The van der Waals surface area contributed by atoms with Crippen molar-refractivity contribution in [1.82, 2.24) is 4.90 Å². The third-order valence-electron chi connectivity index (χ3n) is 6.13. The van der Waals surface area contributed by atoms with Crippen molar-refractivity contribution in [3.05, 3.63) is 67.7 Å². The van der Waals surface area contributed by atoms with Crippen molar-refractivity contribution in [1.29, 1.82) is 0 Å². The molecule has 2 heterocycles. The first-order valence-electron chi connectivity index (χ1n) is 9.76. The number of nitro groups is 1. The van der Waals surface area contributed by atoms with Gasteiger partial charge < -0.3 is 9.64 Å². The Morgan fingerprint density at radius 1 is 1.20 bits per heavy atom. The summed E-state index contributed by atoms with van der Waals surface area (Å²) in [5, 5.41) is 11.1.